The van der Waals surface area contributed by atoms with Gasteiger partial charge in [-0.05, 0) is 11.6 Å². The molecular weight excluding hydrogens is 188 g/mol. The second kappa shape index (κ2) is 4.28. The van der Waals surface area contributed by atoms with Gasteiger partial charge in [-0.2, -0.15) is 5.10 Å². The highest BCUT2D eigenvalue weighted by molar-refractivity contribution is 5.19. The van der Waals surface area contributed by atoms with Gasteiger partial charge in [0.25, 0.3) is 0 Å². The molecular formula is C12H14N2O. The van der Waals surface area contributed by atoms with Crippen molar-refractivity contribution in [3.63, 3.8) is 0 Å². The zero-order valence-electron chi connectivity index (χ0n) is 8.67. The summed E-state index contributed by atoms with van der Waals surface area (Å²) in [5.41, 5.74) is 1.84. The first kappa shape index (κ1) is 9.93. The molecule has 0 spiro atoms. The molecule has 2 rings (SSSR count). The SMILES string of the molecule is Cn1ccc(CC(O)c2ccccc2)n1. The zero-order valence-corrected chi connectivity index (χ0v) is 8.67. The number of aliphatic hydroxyl groups is 1. The van der Waals surface area contributed by atoms with Crippen LogP contribution in [0.3, 0.4) is 0 Å². The molecule has 1 atom stereocenters. The number of nitrogens with zero attached hydrogens (tertiary/aromatic N) is 2. The molecule has 15 heavy (non-hydrogen) atoms. The van der Waals surface area contributed by atoms with Gasteiger partial charge >= 0.3 is 0 Å². The normalized spacial score (nSPS) is 12.7. The largest absolute Gasteiger partial charge is 0.388 e. The Balaban J connectivity index is 2.07. The second-order valence-corrected chi connectivity index (χ2v) is 3.61. The van der Waals surface area contributed by atoms with Crippen LogP contribution in [0.1, 0.15) is 17.4 Å². The van der Waals surface area contributed by atoms with Crippen LogP contribution in [0.4, 0.5) is 0 Å². The molecule has 1 unspecified atom stereocenters. The van der Waals surface area contributed by atoms with Gasteiger partial charge in [-0.15, -0.1) is 0 Å². The summed E-state index contributed by atoms with van der Waals surface area (Å²) in [5, 5.41) is 14.2. The Bertz CT molecular complexity index is 422. The fourth-order valence-corrected chi connectivity index (χ4v) is 1.56. The van der Waals surface area contributed by atoms with Gasteiger partial charge in [0.05, 0.1) is 11.8 Å². The highest BCUT2D eigenvalue weighted by atomic mass is 16.3. The topological polar surface area (TPSA) is 38.0 Å². The minimum absolute atomic E-state index is 0.471. The smallest absolute Gasteiger partial charge is 0.0846 e. The third-order valence-corrected chi connectivity index (χ3v) is 2.36. The summed E-state index contributed by atoms with van der Waals surface area (Å²) in [5.74, 6) is 0. The Hall–Kier alpha value is -1.61. The predicted molar refractivity (Wildman–Crippen MR) is 58.3 cm³/mol. The molecule has 0 fully saturated rings. The first-order valence-corrected chi connectivity index (χ1v) is 4.97. The fraction of sp³-hybridized carbons (Fsp3) is 0.250. The highest BCUT2D eigenvalue weighted by Crippen LogP contribution is 2.16. The van der Waals surface area contributed by atoms with Gasteiger partial charge < -0.3 is 5.11 Å². The molecule has 0 aliphatic heterocycles. The number of hydrogen-bond donors (Lipinski definition) is 1. The average molecular weight is 202 g/mol. The molecule has 0 aliphatic carbocycles. The van der Waals surface area contributed by atoms with Crippen molar-refractivity contribution in [3.8, 4) is 0 Å². The van der Waals surface area contributed by atoms with E-state index in [9.17, 15) is 5.11 Å². The molecule has 0 bridgehead atoms. The average Bonchev–Trinajstić information content (AvgIpc) is 2.65. The monoisotopic (exact) mass is 202 g/mol. The van der Waals surface area contributed by atoms with Gasteiger partial charge in [-0.1, -0.05) is 30.3 Å². The van der Waals surface area contributed by atoms with E-state index in [0.29, 0.717) is 6.42 Å². The van der Waals surface area contributed by atoms with Crippen molar-refractivity contribution < 1.29 is 5.11 Å². The van der Waals surface area contributed by atoms with Gasteiger partial charge in [0.15, 0.2) is 0 Å². The molecule has 3 heteroatoms. The van der Waals surface area contributed by atoms with Crippen LogP contribution in [0.15, 0.2) is 42.6 Å². The third kappa shape index (κ3) is 2.44. The molecule has 0 saturated heterocycles. The Morgan fingerprint density at radius 2 is 2.00 bits per heavy atom. The van der Waals surface area contributed by atoms with Crippen LogP contribution in [0.2, 0.25) is 0 Å². The van der Waals surface area contributed by atoms with E-state index in [4.69, 9.17) is 0 Å². The lowest BCUT2D eigenvalue weighted by Crippen LogP contribution is -2.02. The van der Waals surface area contributed by atoms with Gasteiger partial charge in [0.2, 0.25) is 0 Å². The summed E-state index contributed by atoms with van der Waals surface area (Å²) in [6.07, 6.45) is 1.97. The Kier molecular flexibility index (Phi) is 2.83. The highest BCUT2D eigenvalue weighted by Gasteiger charge is 2.09. The molecule has 1 aromatic carbocycles. The molecule has 0 aliphatic rings. The number of aliphatic hydroxyl groups excluding tert-OH is 1. The van der Waals surface area contributed by atoms with E-state index in [0.717, 1.165) is 11.3 Å². The van der Waals surface area contributed by atoms with Crippen LogP contribution in [0.5, 0.6) is 0 Å². The van der Waals surface area contributed by atoms with Crippen molar-refractivity contribution >= 4 is 0 Å². The maximum Gasteiger partial charge on any atom is 0.0846 e. The minimum Gasteiger partial charge on any atom is -0.388 e. The third-order valence-electron chi connectivity index (χ3n) is 2.36. The fourth-order valence-electron chi connectivity index (χ4n) is 1.56. The predicted octanol–water partition coefficient (Wildman–Crippen LogP) is 1.70. The molecule has 0 radical (unpaired) electrons. The van der Waals surface area contributed by atoms with Gasteiger partial charge in [-0.3, -0.25) is 4.68 Å². The standard InChI is InChI=1S/C12H14N2O/c1-14-8-7-11(13-14)9-12(15)10-5-3-2-4-6-10/h2-8,12,15H,9H2,1H3. The lowest BCUT2D eigenvalue weighted by Gasteiger charge is -2.08. The van der Waals surface area contributed by atoms with E-state index in [1.165, 1.54) is 0 Å². The van der Waals surface area contributed by atoms with Crippen LogP contribution in [-0.4, -0.2) is 14.9 Å². The summed E-state index contributed by atoms with van der Waals surface area (Å²) in [6, 6.07) is 11.6. The molecule has 1 aromatic heterocycles. The summed E-state index contributed by atoms with van der Waals surface area (Å²) in [6.45, 7) is 0. The van der Waals surface area contributed by atoms with Crippen molar-refractivity contribution in [2.45, 2.75) is 12.5 Å². The van der Waals surface area contributed by atoms with Crippen molar-refractivity contribution in [1.82, 2.24) is 9.78 Å². The summed E-state index contributed by atoms with van der Waals surface area (Å²) >= 11 is 0. The maximum absolute atomic E-state index is 9.93. The van der Waals surface area contributed by atoms with Gasteiger partial charge in [0, 0.05) is 19.7 Å². The van der Waals surface area contributed by atoms with E-state index in [2.05, 4.69) is 5.10 Å². The van der Waals surface area contributed by atoms with Crippen LogP contribution in [0.25, 0.3) is 0 Å². The number of benzene rings is 1. The summed E-state index contributed by atoms with van der Waals surface area (Å²) in [7, 11) is 1.87. The van der Waals surface area contributed by atoms with E-state index < -0.39 is 6.10 Å². The Labute approximate surface area is 89.0 Å². The van der Waals surface area contributed by atoms with Gasteiger partial charge in [0.1, 0.15) is 0 Å². The first-order valence-electron chi connectivity index (χ1n) is 4.97. The molecule has 0 saturated carbocycles. The van der Waals surface area contributed by atoms with Crippen LogP contribution in [-0.2, 0) is 13.5 Å². The number of aryl methyl sites for hydroxylation is 1. The van der Waals surface area contributed by atoms with Crippen LogP contribution in [0, 0.1) is 0 Å². The molecule has 2 aromatic rings. The van der Waals surface area contributed by atoms with E-state index >= 15 is 0 Å². The molecule has 1 N–H and O–H groups in total. The molecule has 78 valence electrons. The number of hydrogen-bond acceptors (Lipinski definition) is 2. The lowest BCUT2D eigenvalue weighted by molar-refractivity contribution is 0.177. The van der Waals surface area contributed by atoms with Crippen molar-refractivity contribution in [2.75, 3.05) is 0 Å². The van der Waals surface area contributed by atoms with Crippen LogP contribution >= 0.6 is 0 Å². The van der Waals surface area contributed by atoms with Gasteiger partial charge in [-0.25, -0.2) is 0 Å². The summed E-state index contributed by atoms with van der Waals surface area (Å²) < 4.78 is 1.74. The van der Waals surface area contributed by atoms with E-state index in [1.807, 2.05) is 49.6 Å². The quantitative estimate of drug-likeness (QED) is 0.822. The van der Waals surface area contributed by atoms with E-state index in [-0.39, 0.29) is 0 Å². The minimum atomic E-state index is -0.471. The summed E-state index contributed by atoms with van der Waals surface area (Å²) in [4.78, 5) is 0. The molecule has 0 amide bonds. The van der Waals surface area contributed by atoms with E-state index in [1.54, 1.807) is 4.68 Å². The van der Waals surface area contributed by atoms with Crippen LogP contribution < -0.4 is 0 Å². The number of aromatic nitrogens is 2. The van der Waals surface area contributed by atoms with Crippen molar-refractivity contribution in [3.05, 3.63) is 53.9 Å². The first-order chi connectivity index (χ1) is 7.25. The second-order valence-electron chi connectivity index (χ2n) is 3.61. The zero-order chi connectivity index (χ0) is 10.7. The Morgan fingerprint density at radius 1 is 1.27 bits per heavy atom. The van der Waals surface area contributed by atoms with Crippen molar-refractivity contribution in [1.29, 1.82) is 0 Å². The van der Waals surface area contributed by atoms with Crippen molar-refractivity contribution in [2.24, 2.45) is 7.05 Å². The number of rotatable bonds is 3. The molecule has 1 heterocycles. The lowest BCUT2D eigenvalue weighted by atomic mass is 10.1. The Morgan fingerprint density at radius 3 is 2.60 bits per heavy atom. The molecule has 3 nitrogen and oxygen atoms in total. The maximum atomic E-state index is 9.93.